The van der Waals surface area contributed by atoms with E-state index in [4.69, 9.17) is 23.7 Å². The SMILES string of the molecule is CCCCCOc1ccc([C@@H]2C(=C(O)c3ccc4c(c3)OCCO4)C(=O)C(=O)N2CCOC)cc1OCC. The van der Waals surface area contributed by atoms with E-state index in [1.807, 2.05) is 6.92 Å². The van der Waals surface area contributed by atoms with Gasteiger partial charge in [0.1, 0.15) is 19.0 Å². The van der Waals surface area contributed by atoms with E-state index in [0.29, 0.717) is 60.6 Å². The molecule has 38 heavy (non-hydrogen) atoms. The lowest BCUT2D eigenvalue weighted by Gasteiger charge is -2.26. The second-order valence-corrected chi connectivity index (χ2v) is 9.04. The number of Topliss-reactive ketones (excluding diaryl/α,β-unsaturated/α-hetero) is 1. The number of hydrogen-bond donors (Lipinski definition) is 1. The van der Waals surface area contributed by atoms with Crippen molar-refractivity contribution in [3.8, 4) is 23.0 Å². The zero-order valence-corrected chi connectivity index (χ0v) is 22.2. The number of amides is 1. The van der Waals surface area contributed by atoms with Crippen LogP contribution in [0.15, 0.2) is 42.0 Å². The number of carbonyl (C=O) groups is 2. The van der Waals surface area contributed by atoms with Crippen molar-refractivity contribution >= 4 is 17.4 Å². The van der Waals surface area contributed by atoms with Gasteiger partial charge in [0.05, 0.1) is 31.4 Å². The number of unbranched alkanes of at least 4 members (excludes halogenated alkanes) is 2. The van der Waals surface area contributed by atoms with Crippen molar-refractivity contribution in [2.45, 2.75) is 39.2 Å². The van der Waals surface area contributed by atoms with E-state index in [1.54, 1.807) is 36.4 Å². The number of fused-ring (bicyclic) bond motifs is 1. The average molecular weight is 526 g/mol. The van der Waals surface area contributed by atoms with Crippen LogP contribution in [0.1, 0.15) is 50.3 Å². The minimum Gasteiger partial charge on any atom is -0.507 e. The summed E-state index contributed by atoms with van der Waals surface area (Å²) in [6, 6.07) is 9.44. The minimum atomic E-state index is -0.841. The van der Waals surface area contributed by atoms with Crippen molar-refractivity contribution in [1.29, 1.82) is 0 Å². The molecule has 4 rings (SSSR count). The van der Waals surface area contributed by atoms with Gasteiger partial charge in [0.25, 0.3) is 11.7 Å². The topological polar surface area (TPSA) is 104 Å². The van der Waals surface area contributed by atoms with Crippen LogP contribution >= 0.6 is 0 Å². The number of nitrogens with zero attached hydrogens (tertiary/aromatic N) is 1. The number of ketones is 1. The zero-order chi connectivity index (χ0) is 27.1. The first kappa shape index (κ1) is 27.3. The van der Waals surface area contributed by atoms with Gasteiger partial charge >= 0.3 is 0 Å². The van der Waals surface area contributed by atoms with Gasteiger partial charge in [-0.25, -0.2) is 0 Å². The van der Waals surface area contributed by atoms with Gasteiger partial charge in [-0.2, -0.15) is 0 Å². The van der Waals surface area contributed by atoms with Crippen LogP contribution in [0.25, 0.3) is 5.76 Å². The van der Waals surface area contributed by atoms with E-state index in [9.17, 15) is 14.7 Å². The third-order valence-electron chi connectivity index (χ3n) is 6.48. The molecule has 1 N–H and O–H groups in total. The van der Waals surface area contributed by atoms with Gasteiger partial charge in [-0.15, -0.1) is 0 Å². The molecule has 2 aliphatic heterocycles. The molecule has 9 heteroatoms. The third-order valence-corrected chi connectivity index (χ3v) is 6.48. The average Bonchev–Trinajstić information content (AvgIpc) is 3.19. The standard InChI is InChI=1S/C29H35NO8/c1-4-6-7-13-36-21-10-8-19(17-23(21)35-5-2)26-25(28(32)29(33)30(26)12-14-34-3)27(31)20-9-11-22-24(18-20)38-16-15-37-22/h8-11,17-18,26,31H,4-7,12-16H2,1-3H3/t26-/m1/s1. The second-order valence-electron chi connectivity index (χ2n) is 9.04. The lowest BCUT2D eigenvalue weighted by molar-refractivity contribution is -0.140. The summed E-state index contributed by atoms with van der Waals surface area (Å²) in [7, 11) is 1.53. The molecule has 1 atom stereocenters. The summed E-state index contributed by atoms with van der Waals surface area (Å²) in [6.45, 7) is 6.19. The summed E-state index contributed by atoms with van der Waals surface area (Å²) in [5.41, 5.74) is 0.954. The summed E-state index contributed by atoms with van der Waals surface area (Å²) in [5, 5.41) is 11.4. The van der Waals surface area contributed by atoms with E-state index in [1.165, 1.54) is 12.0 Å². The highest BCUT2D eigenvalue weighted by Gasteiger charge is 2.46. The lowest BCUT2D eigenvalue weighted by Crippen LogP contribution is -2.32. The molecule has 2 aromatic rings. The molecule has 2 aromatic carbocycles. The van der Waals surface area contributed by atoms with Crippen LogP contribution in [-0.2, 0) is 14.3 Å². The van der Waals surface area contributed by atoms with Gasteiger partial charge in [0.15, 0.2) is 23.0 Å². The highest BCUT2D eigenvalue weighted by molar-refractivity contribution is 6.46. The molecular weight excluding hydrogens is 490 g/mol. The maximum atomic E-state index is 13.3. The number of ether oxygens (including phenoxy) is 5. The Labute approximate surface area is 222 Å². The largest absolute Gasteiger partial charge is 0.507 e. The van der Waals surface area contributed by atoms with Crippen LogP contribution in [0.5, 0.6) is 23.0 Å². The summed E-state index contributed by atoms with van der Waals surface area (Å²) in [5.74, 6) is 0.364. The van der Waals surface area contributed by atoms with Gasteiger partial charge in [-0.05, 0) is 49.2 Å². The number of benzene rings is 2. The first-order valence-corrected chi connectivity index (χ1v) is 13.1. The van der Waals surface area contributed by atoms with Crippen LogP contribution < -0.4 is 18.9 Å². The van der Waals surface area contributed by atoms with E-state index in [0.717, 1.165) is 19.3 Å². The van der Waals surface area contributed by atoms with E-state index in [-0.39, 0.29) is 24.5 Å². The molecule has 0 bridgehead atoms. The number of aliphatic hydroxyl groups is 1. The molecule has 1 fully saturated rings. The fraction of sp³-hybridized carbons (Fsp3) is 0.448. The molecule has 1 saturated heterocycles. The van der Waals surface area contributed by atoms with Crippen LogP contribution in [0.3, 0.4) is 0 Å². The smallest absolute Gasteiger partial charge is 0.295 e. The molecule has 2 heterocycles. The van der Waals surface area contributed by atoms with Gasteiger partial charge in [-0.1, -0.05) is 25.8 Å². The number of rotatable bonds is 12. The molecule has 0 aliphatic carbocycles. The fourth-order valence-electron chi connectivity index (χ4n) is 4.61. The van der Waals surface area contributed by atoms with Crippen LogP contribution in [0.2, 0.25) is 0 Å². The highest BCUT2D eigenvalue weighted by atomic mass is 16.6. The molecular formula is C29H35NO8. The van der Waals surface area contributed by atoms with Crippen molar-refractivity contribution < 1.29 is 38.4 Å². The van der Waals surface area contributed by atoms with Crippen molar-refractivity contribution in [3.63, 3.8) is 0 Å². The molecule has 204 valence electrons. The highest BCUT2D eigenvalue weighted by Crippen LogP contribution is 2.43. The number of aliphatic hydroxyl groups excluding tert-OH is 1. The van der Waals surface area contributed by atoms with E-state index < -0.39 is 17.7 Å². The fourth-order valence-corrected chi connectivity index (χ4v) is 4.61. The quantitative estimate of drug-likeness (QED) is 0.187. The number of likely N-dealkylation sites (tertiary alicyclic amines) is 1. The number of carbonyl (C=O) groups excluding carboxylic acids is 2. The Balaban J connectivity index is 1.77. The van der Waals surface area contributed by atoms with Gasteiger partial charge in [-0.3, -0.25) is 9.59 Å². The molecule has 0 saturated carbocycles. The van der Waals surface area contributed by atoms with Gasteiger partial charge in [0, 0.05) is 19.2 Å². The molecule has 1 amide bonds. The molecule has 0 spiro atoms. The number of hydrogen-bond acceptors (Lipinski definition) is 8. The molecule has 9 nitrogen and oxygen atoms in total. The third kappa shape index (κ3) is 5.72. The first-order chi connectivity index (χ1) is 18.5. The first-order valence-electron chi connectivity index (χ1n) is 13.1. The Morgan fingerprint density at radius 1 is 0.974 bits per heavy atom. The Kier molecular flexibility index (Phi) is 9.12. The molecule has 0 unspecified atom stereocenters. The lowest BCUT2D eigenvalue weighted by atomic mass is 9.94. The Morgan fingerprint density at radius 2 is 1.76 bits per heavy atom. The second kappa shape index (κ2) is 12.7. The maximum Gasteiger partial charge on any atom is 0.295 e. The van der Waals surface area contributed by atoms with Crippen molar-refractivity contribution in [2.75, 3.05) is 46.7 Å². The van der Waals surface area contributed by atoms with Crippen LogP contribution in [0, 0.1) is 0 Å². The predicted molar refractivity (Wildman–Crippen MR) is 141 cm³/mol. The molecule has 2 aliphatic rings. The Morgan fingerprint density at radius 3 is 2.50 bits per heavy atom. The van der Waals surface area contributed by atoms with Crippen molar-refractivity contribution in [3.05, 3.63) is 53.1 Å². The summed E-state index contributed by atoms with van der Waals surface area (Å²) < 4.78 is 28.2. The van der Waals surface area contributed by atoms with Crippen LogP contribution in [0.4, 0.5) is 0 Å². The van der Waals surface area contributed by atoms with Crippen molar-refractivity contribution in [2.24, 2.45) is 0 Å². The summed E-state index contributed by atoms with van der Waals surface area (Å²) in [4.78, 5) is 27.8. The molecule has 0 radical (unpaired) electrons. The Hall–Kier alpha value is -3.72. The van der Waals surface area contributed by atoms with Gasteiger partial charge in [0.2, 0.25) is 0 Å². The zero-order valence-electron chi connectivity index (χ0n) is 22.2. The van der Waals surface area contributed by atoms with Crippen molar-refractivity contribution in [1.82, 2.24) is 4.90 Å². The summed E-state index contributed by atoms with van der Waals surface area (Å²) in [6.07, 6.45) is 3.08. The van der Waals surface area contributed by atoms with Gasteiger partial charge < -0.3 is 33.7 Å². The summed E-state index contributed by atoms with van der Waals surface area (Å²) >= 11 is 0. The monoisotopic (exact) mass is 525 g/mol. The predicted octanol–water partition coefficient (Wildman–Crippen LogP) is 4.49. The Bertz CT molecular complexity index is 1190. The van der Waals surface area contributed by atoms with E-state index >= 15 is 0 Å². The number of methoxy groups -OCH3 is 1. The normalized spacial score (nSPS) is 18.1. The van der Waals surface area contributed by atoms with Crippen LogP contribution in [-0.4, -0.2) is 68.4 Å². The van der Waals surface area contributed by atoms with E-state index in [2.05, 4.69) is 6.92 Å². The molecule has 0 aromatic heterocycles. The maximum absolute atomic E-state index is 13.3. The minimum absolute atomic E-state index is 0.0122.